The van der Waals surface area contributed by atoms with E-state index in [1.54, 1.807) is 0 Å². The highest BCUT2D eigenvalue weighted by molar-refractivity contribution is 6.06. The molecule has 0 fully saturated rings. The Morgan fingerprint density at radius 1 is 1.03 bits per heavy atom. The van der Waals surface area contributed by atoms with Crippen molar-refractivity contribution in [3.8, 4) is 0 Å². The van der Waals surface area contributed by atoms with Crippen LogP contribution in [0.1, 0.15) is 44.0 Å². The molecule has 0 aliphatic carbocycles. The number of halogens is 3. The zero-order chi connectivity index (χ0) is 25.7. The zero-order valence-electron chi connectivity index (χ0n) is 20.0. The number of nitrogens with one attached hydrogen (secondary N) is 2. The number of para-hydroxylation sites is 1. The number of hydrogen-bond acceptors (Lipinski definition) is 4. The Balaban J connectivity index is 1.38. The number of fused-ring (bicyclic) bond motifs is 3. The molecule has 0 radical (unpaired) electrons. The summed E-state index contributed by atoms with van der Waals surface area (Å²) in [5.41, 5.74) is 8.30. The third-order valence-corrected chi connectivity index (χ3v) is 6.01. The van der Waals surface area contributed by atoms with E-state index in [2.05, 4.69) is 27.1 Å². The van der Waals surface area contributed by atoms with Gasteiger partial charge in [0.2, 0.25) is 0 Å². The lowest BCUT2D eigenvalue weighted by atomic mass is 10.2. The summed E-state index contributed by atoms with van der Waals surface area (Å²) in [5.74, 6) is 1.39. The number of carbonyl (C=O) groups is 1. The molecule has 4 aromatic rings. The number of anilines is 2. The third-order valence-electron chi connectivity index (χ3n) is 6.01. The fraction of sp³-hybridized carbons (Fsp3) is 0.346. The molecular formula is C26H29F3N6O. The molecule has 2 aromatic heterocycles. The van der Waals surface area contributed by atoms with Crippen molar-refractivity contribution >= 4 is 39.5 Å². The van der Waals surface area contributed by atoms with E-state index in [4.69, 9.17) is 10.7 Å². The molecule has 0 bridgehead atoms. The minimum Gasteiger partial charge on any atom is -0.382 e. The number of rotatable bonds is 9. The quantitative estimate of drug-likeness (QED) is 0.242. The SMILES string of the molecule is CCCCc1nc2c(N)nc3ccccc3c2n1CCCCNC(=O)Nc1ccc(C(F)(F)F)cc1. The van der Waals surface area contributed by atoms with Gasteiger partial charge >= 0.3 is 12.2 Å². The maximum Gasteiger partial charge on any atom is 0.416 e. The number of carbonyl (C=O) groups excluding carboxylic acids is 1. The molecule has 0 saturated heterocycles. The average molecular weight is 499 g/mol. The first-order valence-electron chi connectivity index (χ1n) is 12.0. The molecule has 2 amide bonds. The van der Waals surface area contributed by atoms with Crippen LogP contribution in [-0.2, 0) is 19.1 Å². The van der Waals surface area contributed by atoms with Gasteiger partial charge in [0, 0.05) is 30.6 Å². The van der Waals surface area contributed by atoms with E-state index < -0.39 is 17.8 Å². The number of imidazole rings is 1. The van der Waals surface area contributed by atoms with Gasteiger partial charge in [-0.05, 0) is 49.6 Å². The first-order chi connectivity index (χ1) is 17.3. The lowest BCUT2D eigenvalue weighted by Crippen LogP contribution is -2.29. The van der Waals surface area contributed by atoms with Gasteiger partial charge in [-0.2, -0.15) is 13.2 Å². The van der Waals surface area contributed by atoms with Gasteiger partial charge in [0.25, 0.3) is 0 Å². The minimum absolute atomic E-state index is 0.295. The number of nitrogens with two attached hydrogens (primary N) is 1. The molecule has 0 atom stereocenters. The van der Waals surface area contributed by atoms with Crippen molar-refractivity contribution < 1.29 is 18.0 Å². The number of alkyl halides is 3. The minimum atomic E-state index is -4.41. The van der Waals surface area contributed by atoms with Gasteiger partial charge in [-0.15, -0.1) is 0 Å². The van der Waals surface area contributed by atoms with Crippen LogP contribution in [0.25, 0.3) is 21.9 Å². The lowest BCUT2D eigenvalue weighted by Gasteiger charge is -2.12. The van der Waals surface area contributed by atoms with E-state index in [-0.39, 0.29) is 0 Å². The third kappa shape index (κ3) is 5.69. The second-order valence-electron chi connectivity index (χ2n) is 8.66. The molecule has 10 heteroatoms. The second-order valence-corrected chi connectivity index (χ2v) is 8.66. The van der Waals surface area contributed by atoms with Crippen LogP contribution in [-0.4, -0.2) is 27.1 Å². The van der Waals surface area contributed by atoms with E-state index in [1.807, 2.05) is 24.3 Å². The van der Waals surface area contributed by atoms with E-state index in [0.29, 0.717) is 36.5 Å². The Morgan fingerprint density at radius 3 is 2.50 bits per heavy atom. The van der Waals surface area contributed by atoms with Crippen LogP contribution in [0.2, 0.25) is 0 Å². The first-order valence-corrected chi connectivity index (χ1v) is 12.0. The summed E-state index contributed by atoms with van der Waals surface area (Å²) < 4.78 is 40.2. The summed E-state index contributed by atoms with van der Waals surface area (Å²) >= 11 is 0. The molecule has 0 aliphatic rings. The summed E-state index contributed by atoms with van der Waals surface area (Å²) in [6, 6.07) is 11.7. The molecule has 190 valence electrons. The van der Waals surface area contributed by atoms with Gasteiger partial charge in [0.05, 0.1) is 16.6 Å². The number of hydrogen-bond donors (Lipinski definition) is 3. The highest BCUT2D eigenvalue weighted by Crippen LogP contribution is 2.30. The number of nitrogens with zero attached hydrogens (tertiary/aromatic N) is 3. The van der Waals surface area contributed by atoms with E-state index in [0.717, 1.165) is 60.1 Å². The van der Waals surface area contributed by atoms with E-state index in [1.165, 1.54) is 12.1 Å². The van der Waals surface area contributed by atoms with Gasteiger partial charge in [0.1, 0.15) is 11.3 Å². The molecule has 4 N–H and O–H groups in total. The molecular weight excluding hydrogens is 469 g/mol. The Labute approximate surface area is 206 Å². The number of nitrogen functional groups attached to an aromatic ring is 1. The zero-order valence-corrected chi connectivity index (χ0v) is 20.0. The van der Waals surface area contributed by atoms with Gasteiger partial charge in [-0.1, -0.05) is 31.5 Å². The summed E-state index contributed by atoms with van der Waals surface area (Å²) in [4.78, 5) is 21.5. The van der Waals surface area contributed by atoms with Gasteiger partial charge in [-0.3, -0.25) is 0 Å². The van der Waals surface area contributed by atoms with Crippen LogP contribution in [0.5, 0.6) is 0 Å². The fourth-order valence-electron chi connectivity index (χ4n) is 4.19. The standard InChI is InChI=1S/C26H29F3N6O/c1-2-3-10-21-34-22-23(19-8-4-5-9-20(19)33-24(22)30)35(21)16-7-6-15-31-25(36)32-18-13-11-17(12-14-18)26(27,28)29/h4-5,8-9,11-14H,2-3,6-7,10,15-16H2,1H3,(H2,30,33)(H2,31,32,36). The van der Waals surface area contributed by atoms with Crippen molar-refractivity contribution in [2.45, 2.75) is 51.7 Å². The maximum atomic E-state index is 12.7. The lowest BCUT2D eigenvalue weighted by molar-refractivity contribution is -0.137. The van der Waals surface area contributed by atoms with Crippen molar-refractivity contribution in [1.82, 2.24) is 19.9 Å². The molecule has 36 heavy (non-hydrogen) atoms. The van der Waals surface area contributed by atoms with Gasteiger partial charge in [0.15, 0.2) is 5.82 Å². The summed E-state index contributed by atoms with van der Waals surface area (Å²) in [7, 11) is 0. The van der Waals surface area contributed by atoms with Crippen LogP contribution in [0.3, 0.4) is 0 Å². The number of urea groups is 1. The topological polar surface area (TPSA) is 97.9 Å². The molecule has 0 unspecified atom stereocenters. The fourth-order valence-corrected chi connectivity index (χ4v) is 4.19. The average Bonchev–Trinajstić information content (AvgIpc) is 3.21. The van der Waals surface area contributed by atoms with Crippen LogP contribution in [0.4, 0.5) is 29.5 Å². The second kappa shape index (κ2) is 10.8. The number of pyridine rings is 1. The van der Waals surface area contributed by atoms with Crippen molar-refractivity contribution in [3.63, 3.8) is 0 Å². The predicted octanol–water partition coefficient (Wildman–Crippen LogP) is 6.13. The molecule has 0 aliphatic heterocycles. The van der Waals surface area contributed by atoms with Gasteiger partial charge < -0.3 is 20.9 Å². The normalized spacial score (nSPS) is 11.8. The number of aromatic nitrogens is 3. The van der Waals surface area contributed by atoms with Crippen molar-refractivity contribution in [1.29, 1.82) is 0 Å². The largest absolute Gasteiger partial charge is 0.416 e. The smallest absolute Gasteiger partial charge is 0.382 e. The molecule has 7 nitrogen and oxygen atoms in total. The van der Waals surface area contributed by atoms with Crippen molar-refractivity contribution in [2.24, 2.45) is 0 Å². The Hall–Kier alpha value is -3.82. The van der Waals surface area contributed by atoms with Crippen LogP contribution >= 0.6 is 0 Å². The Morgan fingerprint density at radius 2 is 1.78 bits per heavy atom. The summed E-state index contributed by atoms with van der Waals surface area (Å²) in [6.45, 7) is 3.28. The number of amides is 2. The summed E-state index contributed by atoms with van der Waals surface area (Å²) in [6.07, 6.45) is 0.00242. The number of unbranched alkanes of at least 4 members (excludes halogenated alkanes) is 2. The molecule has 4 rings (SSSR count). The van der Waals surface area contributed by atoms with Crippen LogP contribution < -0.4 is 16.4 Å². The summed E-state index contributed by atoms with van der Waals surface area (Å²) in [5, 5.41) is 6.31. The maximum absolute atomic E-state index is 12.7. The highest BCUT2D eigenvalue weighted by atomic mass is 19.4. The monoisotopic (exact) mass is 498 g/mol. The number of aryl methyl sites for hydroxylation is 2. The predicted molar refractivity (Wildman–Crippen MR) is 136 cm³/mol. The van der Waals surface area contributed by atoms with Crippen LogP contribution in [0, 0.1) is 0 Å². The highest BCUT2D eigenvalue weighted by Gasteiger charge is 2.30. The van der Waals surface area contributed by atoms with Gasteiger partial charge in [-0.25, -0.2) is 14.8 Å². The number of benzene rings is 2. The first kappa shape index (κ1) is 25.3. The Bertz CT molecular complexity index is 1350. The van der Waals surface area contributed by atoms with Crippen LogP contribution in [0.15, 0.2) is 48.5 Å². The molecule has 0 saturated carbocycles. The molecule has 2 heterocycles. The van der Waals surface area contributed by atoms with Crippen molar-refractivity contribution in [3.05, 3.63) is 59.9 Å². The Kier molecular flexibility index (Phi) is 7.61. The van der Waals surface area contributed by atoms with E-state index >= 15 is 0 Å². The van der Waals surface area contributed by atoms with E-state index in [9.17, 15) is 18.0 Å². The van der Waals surface area contributed by atoms with Crippen molar-refractivity contribution in [2.75, 3.05) is 17.6 Å². The molecule has 0 spiro atoms. The molecule has 2 aromatic carbocycles.